The Balaban J connectivity index is 2.13. The van der Waals surface area contributed by atoms with Gasteiger partial charge in [-0.25, -0.2) is 4.99 Å². The van der Waals surface area contributed by atoms with Crippen LogP contribution in [0.25, 0.3) is 0 Å². The number of nitrogens with zero attached hydrogens (tertiary/aromatic N) is 2. The second-order valence-electron chi connectivity index (χ2n) is 7.07. The molecule has 3 rings (SSSR count). The molecular weight excluding hydrogens is 322 g/mol. The summed E-state index contributed by atoms with van der Waals surface area (Å²) in [5, 5.41) is 3.14. The number of fused-ring (bicyclic) bond motifs is 1. The normalized spacial score (nSPS) is 13.6. The monoisotopic (exact) mass is 345 g/mol. The number of rotatable bonds is 1. The molecule has 0 aliphatic carbocycles. The van der Waals surface area contributed by atoms with Gasteiger partial charge in [0, 0.05) is 23.7 Å². The molecule has 2 aromatic carbocycles. The SMILES string of the molecule is CNC1=Nc2ccc(C#C[Si](C)(C)C)cc2C(c2ccccc2)=NC1. The highest BCUT2D eigenvalue weighted by Gasteiger charge is 2.16. The molecule has 0 unspecified atom stereocenters. The minimum Gasteiger partial charge on any atom is -0.375 e. The maximum absolute atomic E-state index is 4.82. The predicted molar refractivity (Wildman–Crippen MR) is 110 cm³/mol. The van der Waals surface area contributed by atoms with E-state index in [1.807, 2.05) is 31.3 Å². The van der Waals surface area contributed by atoms with Gasteiger partial charge < -0.3 is 5.32 Å². The van der Waals surface area contributed by atoms with E-state index in [4.69, 9.17) is 9.98 Å². The van der Waals surface area contributed by atoms with Crippen LogP contribution in [-0.4, -0.2) is 33.2 Å². The van der Waals surface area contributed by atoms with Gasteiger partial charge in [-0.3, -0.25) is 4.99 Å². The quantitative estimate of drug-likeness (QED) is 0.615. The Morgan fingerprint density at radius 2 is 1.80 bits per heavy atom. The second kappa shape index (κ2) is 7.08. The molecule has 0 saturated carbocycles. The van der Waals surface area contributed by atoms with Gasteiger partial charge in [-0.2, -0.15) is 0 Å². The molecule has 3 nitrogen and oxygen atoms in total. The third-order valence-electron chi connectivity index (χ3n) is 3.81. The molecule has 0 radical (unpaired) electrons. The number of benzene rings is 2. The first kappa shape index (κ1) is 17.2. The molecule has 25 heavy (non-hydrogen) atoms. The molecule has 0 bridgehead atoms. The van der Waals surface area contributed by atoms with Crippen molar-refractivity contribution in [2.45, 2.75) is 19.6 Å². The van der Waals surface area contributed by atoms with Crippen molar-refractivity contribution in [2.75, 3.05) is 13.6 Å². The van der Waals surface area contributed by atoms with E-state index in [1.165, 1.54) is 0 Å². The van der Waals surface area contributed by atoms with Crippen LogP contribution in [0.1, 0.15) is 16.7 Å². The Hall–Kier alpha value is -2.64. The maximum atomic E-state index is 4.82. The topological polar surface area (TPSA) is 36.8 Å². The zero-order valence-corrected chi connectivity index (χ0v) is 16.2. The van der Waals surface area contributed by atoms with E-state index >= 15 is 0 Å². The van der Waals surface area contributed by atoms with Crippen LogP contribution in [0.3, 0.4) is 0 Å². The number of likely N-dealkylation sites (N-methyl/N-ethyl adjacent to an activating group) is 1. The zero-order chi connectivity index (χ0) is 17.9. The summed E-state index contributed by atoms with van der Waals surface area (Å²) in [6, 6.07) is 16.5. The summed E-state index contributed by atoms with van der Waals surface area (Å²) in [5.74, 6) is 4.21. The number of hydrogen-bond acceptors (Lipinski definition) is 3. The number of nitrogens with one attached hydrogen (secondary N) is 1. The lowest BCUT2D eigenvalue weighted by atomic mass is 9.99. The molecule has 2 aromatic rings. The summed E-state index contributed by atoms with van der Waals surface area (Å²) in [6.07, 6.45) is 0. The van der Waals surface area contributed by atoms with E-state index in [1.54, 1.807) is 0 Å². The van der Waals surface area contributed by atoms with Crippen LogP contribution in [0.2, 0.25) is 19.6 Å². The van der Waals surface area contributed by atoms with Gasteiger partial charge in [0.2, 0.25) is 0 Å². The van der Waals surface area contributed by atoms with Gasteiger partial charge in [-0.15, -0.1) is 5.54 Å². The van der Waals surface area contributed by atoms with E-state index < -0.39 is 8.07 Å². The van der Waals surface area contributed by atoms with Crippen LogP contribution in [0, 0.1) is 11.5 Å². The fourth-order valence-corrected chi connectivity index (χ4v) is 3.08. The number of amidine groups is 1. The molecular formula is C21H23N3Si. The molecule has 1 N–H and O–H groups in total. The van der Waals surface area contributed by atoms with E-state index in [-0.39, 0.29) is 0 Å². The van der Waals surface area contributed by atoms with Gasteiger partial charge in [0.05, 0.1) is 17.9 Å². The van der Waals surface area contributed by atoms with Gasteiger partial charge in [0.1, 0.15) is 13.9 Å². The lowest BCUT2D eigenvalue weighted by Gasteiger charge is -2.09. The molecule has 4 heteroatoms. The molecule has 1 aliphatic rings. The minimum atomic E-state index is -1.41. The Bertz CT molecular complexity index is 894. The van der Waals surface area contributed by atoms with Crippen molar-refractivity contribution in [2.24, 2.45) is 9.98 Å². The van der Waals surface area contributed by atoms with Crippen LogP contribution in [0.15, 0.2) is 58.5 Å². The predicted octanol–water partition coefficient (Wildman–Crippen LogP) is 4.02. The van der Waals surface area contributed by atoms with Crippen LogP contribution in [0.5, 0.6) is 0 Å². The van der Waals surface area contributed by atoms with Gasteiger partial charge in [0.15, 0.2) is 0 Å². The summed E-state index contributed by atoms with van der Waals surface area (Å²) in [4.78, 5) is 9.56. The fraction of sp³-hybridized carbons (Fsp3) is 0.238. The molecule has 126 valence electrons. The second-order valence-corrected chi connectivity index (χ2v) is 11.8. The first-order valence-corrected chi connectivity index (χ1v) is 12.0. The van der Waals surface area contributed by atoms with E-state index in [2.05, 4.69) is 60.7 Å². The third-order valence-corrected chi connectivity index (χ3v) is 4.69. The highest BCUT2D eigenvalue weighted by molar-refractivity contribution is 6.83. The van der Waals surface area contributed by atoms with Crippen LogP contribution < -0.4 is 5.32 Å². The number of aliphatic imine (C=N–C) groups is 2. The zero-order valence-electron chi connectivity index (χ0n) is 15.2. The van der Waals surface area contributed by atoms with Crippen molar-refractivity contribution in [1.82, 2.24) is 5.32 Å². The van der Waals surface area contributed by atoms with Crippen molar-refractivity contribution in [3.8, 4) is 11.5 Å². The van der Waals surface area contributed by atoms with Gasteiger partial charge in [-0.05, 0) is 18.2 Å². The Labute approximate surface area is 150 Å². The van der Waals surface area contributed by atoms with Crippen LogP contribution in [-0.2, 0) is 0 Å². The van der Waals surface area contributed by atoms with E-state index in [9.17, 15) is 0 Å². The Morgan fingerprint density at radius 1 is 1.04 bits per heavy atom. The molecule has 0 saturated heterocycles. The highest BCUT2D eigenvalue weighted by Crippen LogP contribution is 2.26. The molecule has 0 spiro atoms. The molecule has 1 heterocycles. The first-order valence-electron chi connectivity index (χ1n) is 8.49. The fourth-order valence-electron chi connectivity index (χ4n) is 2.56. The molecule has 0 aromatic heterocycles. The third kappa shape index (κ3) is 4.26. The maximum Gasteiger partial charge on any atom is 0.129 e. The summed E-state index contributed by atoms with van der Waals surface area (Å²) >= 11 is 0. The smallest absolute Gasteiger partial charge is 0.129 e. The summed E-state index contributed by atoms with van der Waals surface area (Å²) in [6.45, 7) is 7.31. The summed E-state index contributed by atoms with van der Waals surface area (Å²) in [5.41, 5.74) is 8.51. The Morgan fingerprint density at radius 3 is 2.48 bits per heavy atom. The summed E-state index contributed by atoms with van der Waals surface area (Å²) < 4.78 is 0. The lowest BCUT2D eigenvalue weighted by molar-refractivity contribution is 1.10. The van der Waals surface area contributed by atoms with Crippen molar-refractivity contribution in [1.29, 1.82) is 0 Å². The van der Waals surface area contributed by atoms with Crippen molar-refractivity contribution in [3.63, 3.8) is 0 Å². The molecule has 1 aliphatic heterocycles. The van der Waals surface area contributed by atoms with Crippen molar-refractivity contribution in [3.05, 3.63) is 65.2 Å². The average molecular weight is 346 g/mol. The molecule has 0 fully saturated rings. The van der Waals surface area contributed by atoms with E-state index in [0.29, 0.717) is 6.54 Å². The largest absolute Gasteiger partial charge is 0.375 e. The van der Waals surface area contributed by atoms with Gasteiger partial charge >= 0.3 is 0 Å². The lowest BCUT2D eigenvalue weighted by Crippen LogP contribution is -2.20. The standard InChI is InChI=1S/C21H23N3Si/c1-22-20-15-23-21(17-8-6-5-7-9-17)18-14-16(10-11-19(18)24-20)12-13-25(2,3)4/h5-11,14H,15H2,1-4H3,(H,22,24). The first-order chi connectivity index (χ1) is 12.0. The summed E-state index contributed by atoms with van der Waals surface area (Å²) in [7, 11) is 0.472. The van der Waals surface area contributed by atoms with Crippen molar-refractivity contribution >= 4 is 25.3 Å². The molecule has 0 amide bonds. The van der Waals surface area contributed by atoms with Crippen LogP contribution in [0.4, 0.5) is 5.69 Å². The molecule has 0 atom stereocenters. The van der Waals surface area contributed by atoms with E-state index in [0.717, 1.165) is 33.9 Å². The minimum absolute atomic E-state index is 0.547. The average Bonchev–Trinajstić information content (AvgIpc) is 2.79. The van der Waals surface area contributed by atoms with Crippen LogP contribution >= 0.6 is 0 Å². The number of hydrogen-bond donors (Lipinski definition) is 1. The highest BCUT2D eigenvalue weighted by atomic mass is 28.3. The van der Waals surface area contributed by atoms with Gasteiger partial charge in [0.25, 0.3) is 0 Å². The van der Waals surface area contributed by atoms with Gasteiger partial charge in [-0.1, -0.05) is 55.9 Å². The van der Waals surface area contributed by atoms with Crippen molar-refractivity contribution < 1.29 is 0 Å². The Kier molecular flexibility index (Phi) is 4.87.